The van der Waals surface area contributed by atoms with Crippen molar-refractivity contribution in [3.63, 3.8) is 0 Å². The third-order valence-electron chi connectivity index (χ3n) is 3.54. The highest BCUT2D eigenvalue weighted by molar-refractivity contribution is 5.95. The van der Waals surface area contributed by atoms with Gasteiger partial charge >= 0.3 is 6.03 Å². The molecule has 1 aliphatic rings. The van der Waals surface area contributed by atoms with Gasteiger partial charge < -0.3 is 14.6 Å². The Labute approximate surface area is 129 Å². The van der Waals surface area contributed by atoms with Crippen molar-refractivity contribution >= 4 is 17.5 Å². The predicted octanol–water partition coefficient (Wildman–Crippen LogP) is 2.40. The lowest BCUT2D eigenvalue weighted by Crippen LogP contribution is -2.48. The zero-order chi connectivity index (χ0) is 15.4. The third kappa shape index (κ3) is 2.81. The van der Waals surface area contributed by atoms with Crippen molar-refractivity contribution in [3.05, 3.63) is 55.1 Å². The van der Waals surface area contributed by atoms with Crippen molar-refractivity contribution in [1.82, 2.24) is 10.3 Å². The lowest BCUT2D eigenvalue weighted by molar-refractivity contribution is 0.245. The maximum Gasteiger partial charge on any atom is 0.322 e. The second-order valence-electron chi connectivity index (χ2n) is 4.97. The van der Waals surface area contributed by atoms with E-state index in [0.29, 0.717) is 19.6 Å². The van der Waals surface area contributed by atoms with Crippen LogP contribution < -0.4 is 15.1 Å². The van der Waals surface area contributed by atoms with E-state index in [2.05, 4.69) is 21.8 Å². The van der Waals surface area contributed by atoms with Crippen molar-refractivity contribution in [2.24, 2.45) is 0 Å². The molecule has 6 heteroatoms. The number of hydrogen-bond donors (Lipinski definition) is 1. The molecule has 114 valence electrons. The van der Waals surface area contributed by atoms with Crippen molar-refractivity contribution in [1.29, 1.82) is 0 Å². The van der Waals surface area contributed by atoms with Crippen LogP contribution in [0, 0.1) is 0 Å². The number of fused-ring (bicyclic) bond motifs is 1. The topological polar surface area (TPSA) is 61.6 Å². The van der Waals surface area contributed by atoms with Gasteiger partial charge in [0.15, 0.2) is 5.82 Å². The number of furan rings is 1. The van der Waals surface area contributed by atoms with Crippen LogP contribution in [0.15, 0.2) is 53.8 Å². The molecule has 0 fully saturated rings. The first kappa shape index (κ1) is 14.2. The Morgan fingerprint density at radius 1 is 1.41 bits per heavy atom. The Bertz CT molecular complexity index is 654. The number of anilines is 2. The quantitative estimate of drug-likeness (QED) is 0.880. The molecule has 0 radical (unpaired) electrons. The van der Waals surface area contributed by atoms with Gasteiger partial charge in [0, 0.05) is 25.8 Å². The highest BCUT2D eigenvalue weighted by Gasteiger charge is 2.27. The summed E-state index contributed by atoms with van der Waals surface area (Å²) in [7, 11) is 0. The van der Waals surface area contributed by atoms with Crippen LogP contribution in [0.4, 0.5) is 16.3 Å². The maximum atomic E-state index is 12.4. The minimum atomic E-state index is -0.149. The molecule has 0 unspecified atom stereocenters. The number of aromatic nitrogens is 1. The Morgan fingerprint density at radius 2 is 2.32 bits per heavy atom. The van der Waals surface area contributed by atoms with Crippen LogP contribution in [0.2, 0.25) is 0 Å². The van der Waals surface area contributed by atoms with Gasteiger partial charge in [-0.1, -0.05) is 6.08 Å². The minimum Gasteiger partial charge on any atom is -0.467 e. The van der Waals surface area contributed by atoms with Gasteiger partial charge in [-0.3, -0.25) is 4.90 Å². The predicted molar refractivity (Wildman–Crippen MR) is 84.9 cm³/mol. The molecular formula is C16H18N4O2. The van der Waals surface area contributed by atoms with Crippen LogP contribution in [-0.2, 0) is 6.54 Å². The fraction of sp³-hybridized carbons (Fsp3) is 0.250. The van der Waals surface area contributed by atoms with Crippen LogP contribution in [0.25, 0.3) is 0 Å². The van der Waals surface area contributed by atoms with Gasteiger partial charge in [0.2, 0.25) is 0 Å². The highest BCUT2D eigenvalue weighted by atomic mass is 16.3. The molecule has 1 aliphatic heterocycles. The fourth-order valence-electron chi connectivity index (χ4n) is 2.51. The van der Waals surface area contributed by atoms with Crippen molar-refractivity contribution < 1.29 is 9.21 Å². The number of nitrogens with zero attached hydrogens (tertiary/aromatic N) is 3. The summed E-state index contributed by atoms with van der Waals surface area (Å²) in [6.07, 6.45) is 5.17. The molecular weight excluding hydrogens is 280 g/mol. The first-order chi connectivity index (χ1) is 10.8. The summed E-state index contributed by atoms with van der Waals surface area (Å²) in [5, 5.41) is 2.87. The molecule has 2 aromatic rings. The van der Waals surface area contributed by atoms with E-state index in [4.69, 9.17) is 4.42 Å². The molecule has 0 aliphatic carbocycles. The lowest BCUT2D eigenvalue weighted by atomic mass is 10.2. The summed E-state index contributed by atoms with van der Waals surface area (Å²) in [4.78, 5) is 20.7. The van der Waals surface area contributed by atoms with Crippen molar-refractivity contribution in [2.45, 2.75) is 6.54 Å². The van der Waals surface area contributed by atoms with Gasteiger partial charge in [-0.05, 0) is 24.3 Å². The smallest absolute Gasteiger partial charge is 0.322 e. The van der Waals surface area contributed by atoms with Gasteiger partial charge in [-0.15, -0.1) is 6.58 Å². The minimum absolute atomic E-state index is 0.149. The van der Waals surface area contributed by atoms with Gasteiger partial charge in [0.1, 0.15) is 5.76 Å². The first-order valence-corrected chi connectivity index (χ1v) is 7.18. The third-order valence-corrected chi connectivity index (χ3v) is 3.54. The summed E-state index contributed by atoms with van der Waals surface area (Å²) >= 11 is 0. The van der Waals surface area contributed by atoms with Crippen LogP contribution in [0.5, 0.6) is 0 Å². The zero-order valence-electron chi connectivity index (χ0n) is 12.2. The lowest BCUT2D eigenvalue weighted by Gasteiger charge is -2.36. The van der Waals surface area contributed by atoms with E-state index in [1.165, 1.54) is 0 Å². The fourth-order valence-corrected chi connectivity index (χ4v) is 2.51. The molecule has 0 aromatic carbocycles. The number of carbonyl (C=O) groups excluding carboxylic acids is 1. The molecule has 1 N–H and O–H groups in total. The molecule has 0 atom stereocenters. The Hall–Kier alpha value is -2.76. The monoisotopic (exact) mass is 298 g/mol. The van der Waals surface area contributed by atoms with E-state index in [0.717, 1.165) is 23.8 Å². The summed E-state index contributed by atoms with van der Waals surface area (Å²) in [5.41, 5.74) is 0.813. The molecule has 22 heavy (non-hydrogen) atoms. The summed E-state index contributed by atoms with van der Waals surface area (Å²) in [6.45, 7) is 6.18. The summed E-state index contributed by atoms with van der Waals surface area (Å²) in [6, 6.07) is 7.23. The molecule has 0 bridgehead atoms. The Morgan fingerprint density at radius 3 is 3.09 bits per heavy atom. The van der Waals surface area contributed by atoms with Crippen LogP contribution in [-0.4, -0.2) is 30.6 Å². The second kappa shape index (κ2) is 6.34. The molecule has 2 amide bonds. The normalized spacial score (nSPS) is 13.6. The van der Waals surface area contributed by atoms with Crippen LogP contribution in [0.1, 0.15) is 5.76 Å². The van der Waals surface area contributed by atoms with E-state index in [-0.39, 0.29) is 6.03 Å². The molecule has 6 nitrogen and oxygen atoms in total. The van der Waals surface area contributed by atoms with Crippen LogP contribution in [0.3, 0.4) is 0 Å². The van der Waals surface area contributed by atoms with Gasteiger partial charge in [0.25, 0.3) is 0 Å². The maximum absolute atomic E-state index is 12.4. The molecule has 0 saturated heterocycles. The SMILES string of the molecule is C=CCN1CCN(C(=O)NCc2ccco2)c2cccnc21. The number of carbonyl (C=O) groups is 1. The van der Waals surface area contributed by atoms with Crippen molar-refractivity contribution in [3.8, 4) is 0 Å². The number of rotatable bonds is 4. The summed E-state index contributed by atoms with van der Waals surface area (Å²) < 4.78 is 5.22. The molecule has 2 aromatic heterocycles. The molecule has 0 saturated carbocycles. The highest BCUT2D eigenvalue weighted by Crippen LogP contribution is 2.30. The van der Waals surface area contributed by atoms with E-state index >= 15 is 0 Å². The first-order valence-electron chi connectivity index (χ1n) is 7.18. The molecule has 3 heterocycles. The van der Waals surface area contributed by atoms with Gasteiger partial charge in [-0.2, -0.15) is 0 Å². The van der Waals surface area contributed by atoms with Gasteiger partial charge in [-0.25, -0.2) is 9.78 Å². The number of urea groups is 1. The van der Waals surface area contributed by atoms with Crippen LogP contribution >= 0.6 is 0 Å². The molecule has 3 rings (SSSR count). The average Bonchev–Trinajstić information content (AvgIpc) is 3.06. The Balaban J connectivity index is 1.75. The number of amides is 2. The van der Waals surface area contributed by atoms with Crippen molar-refractivity contribution in [2.75, 3.05) is 29.4 Å². The second-order valence-corrected chi connectivity index (χ2v) is 4.97. The number of hydrogen-bond acceptors (Lipinski definition) is 4. The average molecular weight is 298 g/mol. The van der Waals surface area contributed by atoms with Gasteiger partial charge in [0.05, 0.1) is 18.5 Å². The summed E-state index contributed by atoms with van der Waals surface area (Å²) in [5.74, 6) is 1.53. The van der Waals surface area contributed by atoms with E-state index in [9.17, 15) is 4.79 Å². The standard InChI is InChI=1S/C16H18N4O2/c1-2-8-19-9-10-20(14-6-3-7-17-15(14)19)16(21)18-12-13-5-4-11-22-13/h2-7,11H,1,8-10,12H2,(H,18,21). The van der Waals surface area contributed by atoms with E-state index < -0.39 is 0 Å². The molecule has 0 spiro atoms. The number of pyridine rings is 1. The van der Waals surface area contributed by atoms with E-state index in [1.54, 1.807) is 23.4 Å². The zero-order valence-corrected chi connectivity index (χ0v) is 12.2. The largest absolute Gasteiger partial charge is 0.467 e. The Kier molecular flexibility index (Phi) is 4.09. The number of nitrogens with one attached hydrogen (secondary N) is 1. The van der Waals surface area contributed by atoms with E-state index in [1.807, 2.05) is 24.3 Å².